The molecule has 2 bridgehead atoms. The maximum atomic E-state index is 16.2. The van der Waals surface area contributed by atoms with Crippen molar-refractivity contribution in [1.82, 2.24) is 15.3 Å². The lowest BCUT2D eigenvalue weighted by Gasteiger charge is -2.34. The molecule has 3 heterocycles. The molecule has 3 aromatic carbocycles. The number of rotatable bonds is 5. The van der Waals surface area contributed by atoms with Crippen LogP contribution in [0.4, 0.5) is 10.2 Å². The first kappa shape index (κ1) is 21.5. The van der Waals surface area contributed by atoms with Crippen LogP contribution in [0.15, 0.2) is 48.5 Å². The van der Waals surface area contributed by atoms with Gasteiger partial charge in [-0.1, -0.05) is 30.3 Å². The molecule has 0 saturated carbocycles. The second-order valence-corrected chi connectivity index (χ2v) is 9.17. The Balaban J connectivity index is 1.54. The molecule has 4 N–H and O–H groups in total. The van der Waals surface area contributed by atoms with Crippen LogP contribution in [0, 0.1) is 5.82 Å². The highest BCUT2D eigenvalue weighted by Gasteiger charge is 2.34. The second kappa shape index (κ2) is 8.35. The van der Waals surface area contributed by atoms with Gasteiger partial charge in [-0.25, -0.2) is 4.39 Å². The Bertz CT molecular complexity index is 1460. The summed E-state index contributed by atoms with van der Waals surface area (Å²) in [4.78, 5) is 22.3. The minimum absolute atomic E-state index is 0.0448. The topological polar surface area (TPSA) is 114 Å². The van der Waals surface area contributed by atoms with Crippen LogP contribution < -0.4 is 20.7 Å². The molecule has 6 rings (SSSR count). The van der Waals surface area contributed by atoms with E-state index in [4.69, 9.17) is 10.5 Å². The first-order valence-corrected chi connectivity index (χ1v) is 11.6. The highest BCUT2D eigenvalue weighted by Crippen LogP contribution is 2.38. The molecule has 0 aliphatic carbocycles. The molecular weight excluding hydrogens is 449 g/mol. The number of nitrogens with one attached hydrogen (secondary N) is 1. The number of phenols is 1. The maximum absolute atomic E-state index is 16.2. The fraction of sp³-hybridized carbons (Fsp3) is 0.269. The molecule has 0 spiro atoms. The number of amides is 1. The maximum Gasteiger partial charge on any atom is 0.319 e. The van der Waals surface area contributed by atoms with Crippen LogP contribution in [0.5, 0.6) is 11.8 Å². The largest absolute Gasteiger partial charge is 0.508 e. The Labute approximate surface area is 200 Å². The van der Waals surface area contributed by atoms with E-state index in [0.717, 1.165) is 36.7 Å². The number of carbonyl (C=O) groups excluding carboxylic acids is 1. The lowest BCUT2D eigenvalue weighted by molar-refractivity contribution is -0.120. The summed E-state index contributed by atoms with van der Waals surface area (Å²) >= 11 is 0. The number of fused-ring (bicyclic) bond motifs is 4. The fourth-order valence-corrected chi connectivity index (χ4v) is 5.26. The normalized spacial score (nSPS) is 19.4. The van der Waals surface area contributed by atoms with Gasteiger partial charge in [0.1, 0.15) is 17.1 Å². The van der Waals surface area contributed by atoms with Crippen molar-refractivity contribution in [3.05, 3.63) is 54.3 Å². The molecule has 2 fully saturated rings. The minimum Gasteiger partial charge on any atom is -0.508 e. The molecule has 178 valence electrons. The summed E-state index contributed by atoms with van der Waals surface area (Å²) in [6.07, 6.45) is 2.16. The zero-order chi connectivity index (χ0) is 24.1. The summed E-state index contributed by atoms with van der Waals surface area (Å²) < 4.78 is 21.6. The number of anilines is 1. The number of hydrogen-bond donors (Lipinski definition) is 3. The summed E-state index contributed by atoms with van der Waals surface area (Å²) in [6.45, 7) is 1.06. The number of halogens is 1. The third-order valence-electron chi connectivity index (χ3n) is 6.76. The molecular formula is C26H24FN5O3. The number of piperazine rings is 1. The van der Waals surface area contributed by atoms with E-state index in [-0.39, 0.29) is 17.3 Å². The summed E-state index contributed by atoms with van der Waals surface area (Å²) in [5.74, 6) is -0.609. The first-order valence-electron chi connectivity index (χ1n) is 11.6. The van der Waals surface area contributed by atoms with Gasteiger partial charge in [0, 0.05) is 36.1 Å². The Morgan fingerprint density at radius 2 is 1.86 bits per heavy atom. The van der Waals surface area contributed by atoms with Gasteiger partial charge >= 0.3 is 6.01 Å². The van der Waals surface area contributed by atoms with Crippen molar-refractivity contribution in [1.29, 1.82) is 0 Å². The number of ether oxygens (including phenoxy) is 1. The molecule has 35 heavy (non-hydrogen) atoms. The number of benzene rings is 3. The Morgan fingerprint density at radius 1 is 1.09 bits per heavy atom. The van der Waals surface area contributed by atoms with E-state index in [1.807, 2.05) is 30.3 Å². The van der Waals surface area contributed by atoms with Gasteiger partial charge in [-0.05, 0) is 47.4 Å². The molecule has 2 aliphatic rings. The summed E-state index contributed by atoms with van der Waals surface area (Å²) in [5, 5.41) is 16.0. The summed E-state index contributed by atoms with van der Waals surface area (Å²) in [7, 11) is 0. The second-order valence-electron chi connectivity index (χ2n) is 9.17. The summed E-state index contributed by atoms with van der Waals surface area (Å²) in [5.41, 5.74) is 6.18. The van der Waals surface area contributed by atoms with E-state index < -0.39 is 18.3 Å². The SMILES string of the molecule is NC(=O)COc1nc(N2CC3CCC(C2)N3)c2ccc(-c3cc(O)cc4ccccc34)c(F)c2n1. The molecule has 2 atom stereocenters. The fourth-order valence-electron chi connectivity index (χ4n) is 5.26. The summed E-state index contributed by atoms with van der Waals surface area (Å²) in [6, 6.07) is 14.8. The van der Waals surface area contributed by atoms with Crippen LogP contribution in [0.1, 0.15) is 12.8 Å². The molecule has 0 radical (unpaired) electrons. The van der Waals surface area contributed by atoms with Crippen molar-refractivity contribution < 1.29 is 19.0 Å². The number of carbonyl (C=O) groups is 1. The van der Waals surface area contributed by atoms with Gasteiger partial charge in [0.2, 0.25) is 0 Å². The number of nitrogens with two attached hydrogens (primary N) is 1. The molecule has 1 amide bonds. The zero-order valence-electron chi connectivity index (χ0n) is 18.9. The van der Waals surface area contributed by atoms with E-state index in [2.05, 4.69) is 20.2 Å². The van der Waals surface area contributed by atoms with E-state index in [9.17, 15) is 9.90 Å². The molecule has 8 nitrogen and oxygen atoms in total. The predicted octanol–water partition coefficient (Wildman–Crippen LogP) is 3.10. The molecule has 1 aromatic heterocycles. The molecule has 4 aromatic rings. The Kier molecular flexibility index (Phi) is 5.14. The van der Waals surface area contributed by atoms with Crippen LogP contribution in [0.25, 0.3) is 32.8 Å². The number of phenolic OH excluding ortho intramolecular Hbond substituents is 1. The average Bonchev–Trinajstić information content (AvgIpc) is 3.19. The molecule has 2 saturated heterocycles. The third-order valence-corrected chi connectivity index (χ3v) is 6.76. The van der Waals surface area contributed by atoms with E-state index in [1.54, 1.807) is 18.2 Å². The first-order chi connectivity index (χ1) is 17.0. The van der Waals surface area contributed by atoms with Gasteiger partial charge in [-0.15, -0.1) is 0 Å². The van der Waals surface area contributed by atoms with Crippen LogP contribution >= 0.6 is 0 Å². The van der Waals surface area contributed by atoms with Crippen molar-refractivity contribution in [2.24, 2.45) is 5.73 Å². The van der Waals surface area contributed by atoms with Gasteiger partial charge in [-0.2, -0.15) is 9.97 Å². The number of hydrogen-bond acceptors (Lipinski definition) is 7. The van der Waals surface area contributed by atoms with Crippen LogP contribution in [0.3, 0.4) is 0 Å². The van der Waals surface area contributed by atoms with E-state index in [0.29, 0.717) is 34.4 Å². The standard InChI is InChI=1S/C26H24FN5O3/c27-23-19(21-10-17(33)9-14-3-1-2-4-18(14)21)7-8-20-24(23)30-26(35-13-22(28)34)31-25(20)32-11-15-5-6-16(12-32)29-15/h1-4,7-10,15-16,29,33H,5-6,11-13H2,(H2,28,34). The highest BCUT2D eigenvalue weighted by molar-refractivity contribution is 6.01. The minimum atomic E-state index is -0.670. The van der Waals surface area contributed by atoms with Crippen molar-refractivity contribution in [3.8, 4) is 22.9 Å². The predicted molar refractivity (Wildman–Crippen MR) is 131 cm³/mol. The number of primary amides is 1. The highest BCUT2D eigenvalue weighted by atomic mass is 19.1. The third kappa shape index (κ3) is 3.87. The van der Waals surface area contributed by atoms with Gasteiger partial charge in [0.15, 0.2) is 12.4 Å². The van der Waals surface area contributed by atoms with Gasteiger partial charge in [-0.3, -0.25) is 4.79 Å². The quantitative estimate of drug-likeness (QED) is 0.408. The van der Waals surface area contributed by atoms with Gasteiger partial charge in [0.25, 0.3) is 5.91 Å². The monoisotopic (exact) mass is 473 g/mol. The average molecular weight is 474 g/mol. The Morgan fingerprint density at radius 3 is 2.63 bits per heavy atom. The van der Waals surface area contributed by atoms with Crippen molar-refractivity contribution in [3.63, 3.8) is 0 Å². The molecule has 9 heteroatoms. The smallest absolute Gasteiger partial charge is 0.319 e. The van der Waals surface area contributed by atoms with Gasteiger partial charge in [0.05, 0.1) is 0 Å². The van der Waals surface area contributed by atoms with Crippen molar-refractivity contribution in [2.75, 3.05) is 24.6 Å². The van der Waals surface area contributed by atoms with E-state index >= 15 is 4.39 Å². The van der Waals surface area contributed by atoms with Crippen molar-refractivity contribution in [2.45, 2.75) is 24.9 Å². The van der Waals surface area contributed by atoms with Gasteiger partial charge < -0.3 is 25.8 Å². The van der Waals surface area contributed by atoms with Crippen molar-refractivity contribution >= 4 is 33.4 Å². The molecule has 2 unspecified atom stereocenters. The van der Waals surface area contributed by atoms with Crippen LogP contribution in [-0.4, -0.2) is 52.8 Å². The van der Waals surface area contributed by atoms with Crippen LogP contribution in [0.2, 0.25) is 0 Å². The molecule has 2 aliphatic heterocycles. The lowest BCUT2D eigenvalue weighted by Crippen LogP contribution is -2.51. The number of nitrogens with zero attached hydrogens (tertiary/aromatic N) is 3. The Hall–Kier alpha value is -3.98. The van der Waals surface area contributed by atoms with E-state index in [1.165, 1.54) is 0 Å². The lowest BCUT2D eigenvalue weighted by atomic mass is 9.96. The number of aromatic hydroxyl groups is 1. The number of aromatic nitrogens is 2. The van der Waals surface area contributed by atoms with Crippen LogP contribution in [-0.2, 0) is 4.79 Å². The zero-order valence-corrected chi connectivity index (χ0v) is 18.9.